The summed E-state index contributed by atoms with van der Waals surface area (Å²) in [4.78, 5) is 14.2. The van der Waals surface area contributed by atoms with E-state index in [2.05, 4.69) is 10.2 Å². The third kappa shape index (κ3) is 2.75. The molecule has 1 heterocycles. The predicted octanol–water partition coefficient (Wildman–Crippen LogP) is 2.01. The Labute approximate surface area is 108 Å². The van der Waals surface area contributed by atoms with Gasteiger partial charge in [-0.3, -0.25) is 4.79 Å². The Morgan fingerprint density at radius 1 is 1.22 bits per heavy atom. The molecule has 1 amide bonds. The molecule has 0 atom stereocenters. The summed E-state index contributed by atoms with van der Waals surface area (Å²) in [6.07, 6.45) is 4.94. The van der Waals surface area contributed by atoms with Crippen molar-refractivity contribution in [1.82, 2.24) is 5.32 Å². The minimum absolute atomic E-state index is 0.0680. The highest BCUT2D eigenvalue weighted by molar-refractivity contribution is 6.00. The number of carbonyl (C=O) groups is 1. The third-order valence-electron chi connectivity index (χ3n) is 3.44. The number of benzene rings is 1. The van der Waals surface area contributed by atoms with Crippen molar-refractivity contribution in [3.63, 3.8) is 0 Å². The number of hydrogen-bond acceptors (Lipinski definition) is 3. The lowest BCUT2D eigenvalue weighted by Crippen LogP contribution is -2.28. The van der Waals surface area contributed by atoms with Crippen LogP contribution in [0.1, 0.15) is 36.0 Å². The van der Waals surface area contributed by atoms with E-state index in [-0.39, 0.29) is 5.91 Å². The first-order chi connectivity index (χ1) is 8.72. The molecule has 4 heteroatoms. The Morgan fingerprint density at radius 2 is 1.89 bits per heavy atom. The van der Waals surface area contributed by atoms with Crippen molar-refractivity contribution in [2.75, 3.05) is 30.8 Å². The summed E-state index contributed by atoms with van der Waals surface area (Å²) in [5.74, 6) is -0.0680. The van der Waals surface area contributed by atoms with Gasteiger partial charge in [0.1, 0.15) is 0 Å². The highest BCUT2D eigenvalue weighted by Gasteiger charge is 2.17. The fourth-order valence-electron chi connectivity index (χ4n) is 2.46. The normalized spacial score (nSPS) is 16.2. The van der Waals surface area contributed by atoms with Crippen LogP contribution in [0.15, 0.2) is 18.2 Å². The lowest BCUT2D eigenvalue weighted by molar-refractivity contribution is 0.0963. The van der Waals surface area contributed by atoms with Crippen LogP contribution in [-0.2, 0) is 0 Å². The van der Waals surface area contributed by atoms with E-state index in [0.29, 0.717) is 11.3 Å². The predicted molar refractivity (Wildman–Crippen MR) is 74.9 cm³/mol. The molecule has 3 N–H and O–H groups in total. The van der Waals surface area contributed by atoms with Crippen molar-refractivity contribution in [1.29, 1.82) is 0 Å². The summed E-state index contributed by atoms with van der Waals surface area (Å²) in [5.41, 5.74) is 8.10. The Balaban J connectivity index is 2.32. The number of rotatable bonds is 2. The molecular weight excluding hydrogens is 226 g/mol. The van der Waals surface area contributed by atoms with E-state index in [1.165, 1.54) is 25.7 Å². The molecule has 0 aromatic heterocycles. The minimum atomic E-state index is -0.0680. The second-order valence-electron chi connectivity index (χ2n) is 4.76. The van der Waals surface area contributed by atoms with E-state index < -0.39 is 0 Å². The Hall–Kier alpha value is -1.71. The largest absolute Gasteiger partial charge is 0.399 e. The lowest BCUT2D eigenvalue weighted by Gasteiger charge is -2.25. The summed E-state index contributed by atoms with van der Waals surface area (Å²) in [7, 11) is 1.65. The van der Waals surface area contributed by atoms with Gasteiger partial charge in [0.2, 0.25) is 0 Å². The molecule has 98 valence electrons. The number of carbonyl (C=O) groups excluding carboxylic acids is 1. The first kappa shape index (κ1) is 12.7. The molecule has 0 radical (unpaired) electrons. The number of nitrogens with one attached hydrogen (secondary N) is 1. The van der Waals surface area contributed by atoms with Crippen LogP contribution in [0.4, 0.5) is 11.4 Å². The van der Waals surface area contributed by atoms with Crippen molar-refractivity contribution < 1.29 is 4.79 Å². The highest BCUT2D eigenvalue weighted by atomic mass is 16.1. The van der Waals surface area contributed by atoms with Gasteiger partial charge in [-0.15, -0.1) is 0 Å². The SMILES string of the molecule is CNC(=O)c1cc(N)ccc1N1CCCCCC1. The summed E-state index contributed by atoms with van der Waals surface area (Å²) in [6.45, 7) is 2.04. The average molecular weight is 247 g/mol. The highest BCUT2D eigenvalue weighted by Crippen LogP contribution is 2.25. The van der Waals surface area contributed by atoms with Crippen LogP contribution in [0.25, 0.3) is 0 Å². The molecular formula is C14H21N3O. The number of nitrogen functional groups attached to an aromatic ring is 1. The van der Waals surface area contributed by atoms with Crippen LogP contribution in [-0.4, -0.2) is 26.0 Å². The standard InChI is InChI=1S/C14H21N3O/c1-16-14(18)12-10-11(15)6-7-13(12)17-8-4-2-3-5-9-17/h6-7,10H,2-5,8-9,15H2,1H3,(H,16,18). The summed E-state index contributed by atoms with van der Waals surface area (Å²) in [6, 6.07) is 5.59. The molecule has 1 aliphatic rings. The molecule has 1 saturated heterocycles. The molecule has 0 saturated carbocycles. The number of nitrogens with zero attached hydrogens (tertiary/aromatic N) is 1. The number of amides is 1. The van der Waals surface area contributed by atoms with Crippen molar-refractivity contribution >= 4 is 17.3 Å². The summed E-state index contributed by atoms with van der Waals surface area (Å²) >= 11 is 0. The van der Waals surface area contributed by atoms with Crippen LogP contribution in [0.5, 0.6) is 0 Å². The van der Waals surface area contributed by atoms with Gasteiger partial charge in [-0.05, 0) is 31.0 Å². The fraction of sp³-hybridized carbons (Fsp3) is 0.500. The molecule has 0 spiro atoms. The molecule has 1 aromatic rings. The van der Waals surface area contributed by atoms with Crippen LogP contribution in [0.3, 0.4) is 0 Å². The van der Waals surface area contributed by atoms with E-state index in [0.717, 1.165) is 18.8 Å². The van der Waals surface area contributed by atoms with E-state index >= 15 is 0 Å². The summed E-state index contributed by atoms with van der Waals surface area (Å²) < 4.78 is 0. The van der Waals surface area contributed by atoms with Gasteiger partial charge in [0.05, 0.1) is 5.56 Å². The maximum absolute atomic E-state index is 11.9. The fourth-order valence-corrected chi connectivity index (χ4v) is 2.46. The third-order valence-corrected chi connectivity index (χ3v) is 3.44. The Bertz CT molecular complexity index is 423. The van der Waals surface area contributed by atoms with Gasteiger partial charge in [-0.25, -0.2) is 0 Å². The Morgan fingerprint density at radius 3 is 2.50 bits per heavy atom. The van der Waals surface area contributed by atoms with E-state index in [4.69, 9.17) is 5.73 Å². The smallest absolute Gasteiger partial charge is 0.253 e. The molecule has 0 unspecified atom stereocenters. The molecule has 4 nitrogen and oxygen atoms in total. The molecule has 1 aliphatic heterocycles. The lowest BCUT2D eigenvalue weighted by atomic mass is 10.1. The molecule has 0 bridgehead atoms. The van der Waals surface area contributed by atoms with Gasteiger partial charge >= 0.3 is 0 Å². The second-order valence-corrected chi connectivity index (χ2v) is 4.76. The minimum Gasteiger partial charge on any atom is -0.399 e. The van der Waals surface area contributed by atoms with Crippen LogP contribution in [0, 0.1) is 0 Å². The monoisotopic (exact) mass is 247 g/mol. The summed E-state index contributed by atoms with van der Waals surface area (Å²) in [5, 5.41) is 2.68. The van der Waals surface area contributed by atoms with Gasteiger partial charge in [0, 0.05) is 31.5 Å². The maximum atomic E-state index is 11.9. The van der Waals surface area contributed by atoms with Crippen LogP contribution in [0.2, 0.25) is 0 Å². The Kier molecular flexibility index (Phi) is 4.07. The molecule has 0 aliphatic carbocycles. The van der Waals surface area contributed by atoms with Crippen molar-refractivity contribution in [2.45, 2.75) is 25.7 Å². The van der Waals surface area contributed by atoms with Gasteiger partial charge in [-0.2, -0.15) is 0 Å². The molecule has 18 heavy (non-hydrogen) atoms. The van der Waals surface area contributed by atoms with E-state index in [1.54, 1.807) is 13.1 Å². The van der Waals surface area contributed by atoms with Gasteiger partial charge in [0.15, 0.2) is 0 Å². The van der Waals surface area contributed by atoms with Crippen LogP contribution < -0.4 is 16.0 Å². The zero-order valence-electron chi connectivity index (χ0n) is 10.9. The molecule has 1 fully saturated rings. The number of hydrogen-bond donors (Lipinski definition) is 2. The number of nitrogens with two attached hydrogens (primary N) is 1. The van der Waals surface area contributed by atoms with Crippen LogP contribution >= 0.6 is 0 Å². The number of anilines is 2. The molecule has 2 rings (SSSR count). The van der Waals surface area contributed by atoms with Gasteiger partial charge in [0.25, 0.3) is 5.91 Å². The van der Waals surface area contributed by atoms with Gasteiger partial charge < -0.3 is 16.0 Å². The topological polar surface area (TPSA) is 58.4 Å². The zero-order chi connectivity index (χ0) is 13.0. The van der Waals surface area contributed by atoms with E-state index in [1.807, 2.05) is 12.1 Å². The molecule has 1 aromatic carbocycles. The van der Waals surface area contributed by atoms with Gasteiger partial charge in [-0.1, -0.05) is 12.8 Å². The zero-order valence-corrected chi connectivity index (χ0v) is 10.9. The maximum Gasteiger partial charge on any atom is 0.253 e. The van der Waals surface area contributed by atoms with Crippen molar-refractivity contribution in [3.05, 3.63) is 23.8 Å². The average Bonchev–Trinajstić information content (AvgIpc) is 2.66. The second kappa shape index (κ2) is 5.76. The van der Waals surface area contributed by atoms with Crippen molar-refractivity contribution in [3.8, 4) is 0 Å². The van der Waals surface area contributed by atoms with E-state index in [9.17, 15) is 4.79 Å². The first-order valence-electron chi connectivity index (χ1n) is 6.59. The van der Waals surface area contributed by atoms with Crippen molar-refractivity contribution in [2.24, 2.45) is 0 Å². The quantitative estimate of drug-likeness (QED) is 0.786. The first-order valence-corrected chi connectivity index (χ1v) is 6.59.